The molecule has 4 atom stereocenters. The number of ketones is 2. The van der Waals surface area contributed by atoms with E-state index in [0.29, 0.717) is 43.9 Å². The van der Waals surface area contributed by atoms with Gasteiger partial charge in [-0.2, -0.15) is 0 Å². The van der Waals surface area contributed by atoms with Crippen LogP contribution in [0.4, 0.5) is 0 Å². The van der Waals surface area contributed by atoms with E-state index in [2.05, 4.69) is 4.74 Å². The van der Waals surface area contributed by atoms with Crippen molar-refractivity contribution < 1.29 is 28.7 Å². The van der Waals surface area contributed by atoms with E-state index in [1.54, 1.807) is 6.92 Å². The Morgan fingerprint density at radius 3 is 1.69 bits per heavy atom. The highest BCUT2D eigenvalue weighted by molar-refractivity contribution is 5.83. The molecule has 166 valence electrons. The van der Waals surface area contributed by atoms with Crippen LogP contribution in [-0.4, -0.2) is 37.2 Å². The first-order valence-electron chi connectivity index (χ1n) is 11.1. The fourth-order valence-electron chi connectivity index (χ4n) is 4.34. The first-order chi connectivity index (χ1) is 13.8. The number of carbonyl (C=O) groups is 4. The van der Waals surface area contributed by atoms with E-state index in [4.69, 9.17) is 4.74 Å². The molecule has 6 nitrogen and oxygen atoms in total. The Morgan fingerprint density at radius 2 is 1.31 bits per heavy atom. The highest BCUT2D eigenvalue weighted by Crippen LogP contribution is 2.30. The van der Waals surface area contributed by atoms with Crippen LogP contribution < -0.4 is 0 Å². The summed E-state index contributed by atoms with van der Waals surface area (Å²) in [6.45, 7) is 6.16. The van der Waals surface area contributed by atoms with Crippen molar-refractivity contribution in [2.75, 3.05) is 13.7 Å². The van der Waals surface area contributed by atoms with Gasteiger partial charge >= 0.3 is 11.9 Å². The Morgan fingerprint density at radius 1 is 0.862 bits per heavy atom. The lowest BCUT2D eigenvalue weighted by atomic mass is 9.78. The van der Waals surface area contributed by atoms with Crippen molar-refractivity contribution in [3.63, 3.8) is 0 Å². The van der Waals surface area contributed by atoms with Crippen molar-refractivity contribution in [1.82, 2.24) is 0 Å². The lowest BCUT2D eigenvalue weighted by Crippen LogP contribution is -2.27. The number of Topliss-reactive ketones (excluding diaryl/α,β-unsaturated/α-hetero) is 2. The Hall–Kier alpha value is -1.72. The molecular weight excluding hydrogens is 372 g/mol. The minimum absolute atomic E-state index is 0.0860. The predicted molar refractivity (Wildman–Crippen MR) is 110 cm³/mol. The van der Waals surface area contributed by atoms with E-state index < -0.39 is 0 Å². The summed E-state index contributed by atoms with van der Waals surface area (Å²) in [7, 11) is 1.39. The highest BCUT2D eigenvalue weighted by Gasteiger charge is 2.29. The summed E-state index contributed by atoms with van der Waals surface area (Å²) in [6, 6.07) is 0. The quantitative estimate of drug-likeness (QED) is 0.582. The minimum atomic E-state index is -0.212. The van der Waals surface area contributed by atoms with E-state index >= 15 is 0 Å². The first-order valence-corrected chi connectivity index (χ1v) is 11.1. The number of esters is 2. The zero-order valence-corrected chi connectivity index (χ0v) is 18.5. The first kappa shape index (κ1) is 25.3. The van der Waals surface area contributed by atoms with Crippen molar-refractivity contribution in [2.24, 2.45) is 23.7 Å². The SMILES string of the molecule is CCOC(=O)CC(C)C1CCCCC1=O.COC(=O)CC(C)C1CCCCC1=O. The normalized spacial score (nSPS) is 24.0. The molecule has 2 rings (SSSR count). The number of hydrogen-bond acceptors (Lipinski definition) is 6. The van der Waals surface area contributed by atoms with Gasteiger partial charge in [0.05, 0.1) is 13.7 Å². The van der Waals surface area contributed by atoms with Gasteiger partial charge in [-0.05, 0) is 44.4 Å². The molecule has 0 aromatic carbocycles. The maximum absolute atomic E-state index is 11.6. The summed E-state index contributed by atoms with van der Waals surface area (Å²) in [5.74, 6) is 0.711. The van der Waals surface area contributed by atoms with E-state index in [-0.39, 0.29) is 35.6 Å². The maximum atomic E-state index is 11.6. The largest absolute Gasteiger partial charge is 0.469 e. The third kappa shape index (κ3) is 9.09. The molecule has 0 heterocycles. The molecular formula is C23H38O6. The lowest BCUT2D eigenvalue weighted by Gasteiger charge is -2.25. The van der Waals surface area contributed by atoms with Gasteiger partial charge in [0.25, 0.3) is 0 Å². The number of ether oxygens (including phenoxy) is 2. The van der Waals surface area contributed by atoms with Crippen LogP contribution in [-0.2, 0) is 28.7 Å². The van der Waals surface area contributed by atoms with Gasteiger partial charge < -0.3 is 9.47 Å². The summed E-state index contributed by atoms with van der Waals surface area (Å²) in [5, 5.41) is 0. The summed E-state index contributed by atoms with van der Waals surface area (Å²) in [6.07, 6.45) is 8.27. The van der Waals surface area contributed by atoms with Gasteiger partial charge in [0, 0.05) is 37.5 Å². The summed E-state index contributed by atoms with van der Waals surface area (Å²) in [4.78, 5) is 45.5. The Labute approximate surface area is 175 Å². The number of methoxy groups -OCH3 is 1. The van der Waals surface area contributed by atoms with Crippen molar-refractivity contribution >= 4 is 23.5 Å². The van der Waals surface area contributed by atoms with E-state index in [1.807, 2.05) is 13.8 Å². The minimum Gasteiger partial charge on any atom is -0.469 e. The molecule has 6 heteroatoms. The molecule has 2 fully saturated rings. The van der Waals surface area contributed by atoms with Crippen molar-refractivity contribution in [2.45, 2.75) is 85.0 Å². The third-order valence-corrected chi connectivity index (χ3v) is 6.09. The summed E-state index contributed by atoms with van der Waals surface area (Å²) in [5.41, 5.74) is 0. The smallest absolute Gasteiger partial charge is 0.306 e. The molecule has 4 unspecified atom stereocenters. The monoisotopic (exact) mass is 410 g/mol. The molecule has 0 N–H and O–H groups in total. The van der Waals surface area contributed by atoms with Crippen LogP contribution in [0.25, 0.3) is 0 Å². The van der Waals surface area contributed by atoms with Crippen LogP contribution in [0.2, 0.25) is 0 Å². The molecule has 0 radical (unpaired) electrons. The topological polar surface area (TPSA) is 86.7 Å². The molecule has 2 saturated carbocycles. The molecule has 0 bridgehead atoms. The number of hydrogen-bond donors (Lipinski definition) is 0. The average molecular weight is 411 g/mol. The van der Waals surface area contributed by atoms with Gasteiger partial charge in [0.2, 0.25) is 0 Å². The molecule has 2 aliphatic rings. The van der Waals surface area contributed by atoms with Gasteiger partial charge in [-0.1, -0.05) is 26.7 Å². The zero-order chi connectivity index (χ0) is 21.8. The molecule has 29 heavy (non-hydrogen) atoms. The second kappa shape index (κ2) is 13.5. The van der Waals surface area contributed by atoms with Crippen LogP contribution in [0.15, 0.2) is 0 Å². The Kier molecular flexibility index (Phi) is 11.8. The number of carbonyl (C=O) groups excluding carboxylic acids is 4. The maximum Gasteiger partial charge on any atom is 0.306 e. The van der Waals surface area contributed by atoms with E-state index in [1.165, 1.54) is 7.11 Å². The van der Waals surface area contributed by atoms with Gasteiger partial charge in [-0.3, -0.25) is 19.2 Å². The van der Waals surface area contributed by atoms with Gasteiger partial charge in [0.15, 0.2) is 0 Å². The lowest BCUT2D eigenvalue weighted by molar-refractivity contribution is -0.145. The van der Waals surface area contributed by atoms with E-state index in [9.17, 15) is 19.2 Å². The predicted octanol–water partition coefficient (Wildman–Crippen LogP) is 4.28. The van der Waals surface area contributed by atoms with Gasteiger partial charge in [-0.25, -0.2) is 0 Å². The van der Waals surface area contributed by atoms with Crippen LogP contribution >= 0.6 is 0 Å². The highest BCUT2D eigenvalue weighted by atomic mass is 16.5. The number of rotatable bonds is 7. The van der Waals surface area contributed by atoms with Crippen LogP contribution in [0.3, 0.4) is 0 Å². The second-order valence-electron chi connectivity index (χ2n) is 8.38. The molecule has 0 aromatic rings. The average Bonchev–Trinajstić information content (AvgIpc) is 2.69. The summed E-state index contributed by atoms with van der Waals surface area (Å²) >= 11 is 0. The van der Waals surface area contributed by atoms with Crippen LogP contribution in [0, 0.1) is 23.7 Å². The Bertz CT molecular complexity index is 556. The van der Waals surface area contributed by atoms with E-state index in [0.717, 1.165) is 38.5 Å². The van der Waals surface area contributed by atoms with Crippen molar-refractivity contribution in [3.8, 4) is 0 Å². The summed E-state index contributed by atoms with van der Waals surface area (Å²) < 4.78 is 9.49. The van der Waals surface area contributed by atoms with Crippen molar-refractivity contribution in [1.29, 1.82) is 0 Å². The van der Waals surface area contributed by atoms with Crippen molar-refractivity contribution in [3.05, 3.63) is 0 Å². The molecule has 2 aliphatic carbocycles. The van der Waals surface area contributed by atoms with Gasteiger partial charge in [0.1, 0.15) is 11.6 Å². The molecule has 0 aromatic heterocycles. The fraction of sp³-hybridized carbons (Fsp3) is 0.826. The third-order valence-electron chi connectivity index (χ3n) is 6.09. The zero-order valence-electron chi connectivity index (χ0n) is 18.5. The molecule has 0 aliphatic heterocycles. The van der Waals surface area contributed by atoms with Gasteiger partial charge in [-0.15, -0.1) is 0 Å². The fourth-order valence-corrected chi connectivity index (χ4v) is 4.34. The Balaban J connectivity index is 0.000000291. The van der Waals surface area contributed by atoms with Crippen LogP contribution in [0.5, 0.6) is 0 Å². The molecule has 0 saturated heterocycles. The van der Waals surface area contributed by atoms with Crippen LogP contribution in [0.1, 0.15) is 85.0 Å². The molecule has 0 spiro atoms. The molecule has 0 amide bonds. The standard InChI is InChI=1S/C12H20O3.C11H18O3/c1-3-15-12(14)8-9(2)10-6-4-5-7-11(10)13;1-8(7-11(13)14-2)9-5-3-4-6-10(9)12/h9-10H,3-8H2,1-2H3;8-9H,3-7H2,1-2H3. The second-order valence-corrected chi connectivity index (χ2v) is 8.38.